The van der Waals surface area contributed by atoms with Crippen molar-refractivity contribution in [2.45, 2.75) is 27.7 Å². The summed E-state index contributed by atoms with van der Waals surface area (Å²) >= 11 is 0. The Morgan fingerprint density at radius 3 is 1.14 bits per heavy atom. The Balaban J connectivity index is -0.0000000153. The summed E-state index contributed by atoms with van der Waals surface area (Å²) < 4.78 is 0. The molecule has 0 aromatic rings. The van der Waals surface area contributed by atoms with E-state index in [2.05, 4.69) is 24.9 Å². The molecule has 0 aromatic heterocycles. The fourth-order valence-corrected chi connectivity index (χ4v) is 0. The summed E-state index contributed by atoms with van der Waals surface area (Å²) in [7, 11) is 0. The maximum absolute atomic E-state index is 7.57. The molecule has 2 radical (unpaired) electrons. The number of nitrogens with zero attached hydrogens (tertiary/aromatic N) is 2. The number of hydrogen-bond donors (Lipinski definition) is 0. The van der Waals surface area contributed by atoms with Crippen LogP contribution in [-0.4, -0.2) is 12.9 Å². The van der Waals surface area contributed by atoms with Gasteiger partial charge in [-0.05, 0) is 0 Å². The van der Waals surface area contributed by atoms with Crippen molar-refractivity contribution in [2.24, 2.45) is 4.99 Å². The summed E-state index contributed by atoms with van der Waals surface area (Å²) in [5, 5.41) is 7.57. The van der Waals surface area contributed by atoms with Crippen molar-refractivity contribution in [3.8, 4) is 0 Å². The van der Waals surface area contributed by atoms with Crippen molar-refractivity contribution in [3.63, 3.8) is 0 Å². The van der Waals surface area contributed by atoms with Gasteiger partial charge >= 0.3 is 0 Å². The second kappa shape index (κ2) is 94.2. The normalized spacial score (nSPS) is 3.71. The van der Waals surface area contributed by atoms with Gasteiger partial charge in [-0.25, -0.2) is 0 Å². The van der Waals surface area contributed by atoms with E-state index in [1.807, 2.05) is 27.7 Å². The van der Waals surface area contributed by atoms with Gasteiger partial charge in [0.15, 0.2) is 0 Å². The first-order valence-electron chi connectivity index (χ1n) is 3.77. The van der Waals surface area contributed by atoms with E-state index in [9.17, 15) is 0 Å². The molecule has 0 atom stereocenters. The van der Waals surface area contributed by atoms with Gasteiger partial charge in [-0.3, -0.25) is 12.7 Å². The van der Waals surface area contributed by atoms with Crippen molar-refractivity contribution in [3.05, 3.63) is 30.8 Å². The van der Waals surface area contributed by atoms with Crippen molar-refractivity contribution in [2.75, 3.05) is 0 Å². The monoisotopic (exact) mass is 344 g/mol. The molecule has 0 aliphatic rings. The summed E-state index contributed by atoms with van der Waals surface area (Å²) in [6, 6.07) is 0. The third-order valence-electron chi connectivity index (χ3n) is 0.172. The maximum Gasteiger partial charge on any atom is 0 e. The quantitative estimate of drug-likeness (QED) is 0.545. The predicted molar refractivity (Wildman–Crippen MR) is 58.4 cm³/mol. The van der Waals surface area contributed by atoms with Gasteiger partial charge in [0.05, 0.1) is 0 Å². The van der Waals surface area contributed by atoms with E-state index in [1.54, 1.807) is 0 Å². The molecule has 0 amide bonds. The second-order valence-corrected chi connectivity index (χ2v) is 0.640. The molecular weight excluding hydrogens is 326 g/mol. The average Bonchev–Trinajstić information content (AvgIpc) is 2.23. The van der Waals surface area contributed by atoms with Crippen molar-refractivity contribution in [1.82, 2.24) is 0 Å². The zero-order valence-electron chi connectivity index (χ0n) is 9.51. The molecule has 0 heterocycles. The fraction of sp³-hybridized carbons (Fsp3) is 0.400. The van der Waals surface area contributed by atoms with E-state index in [0.717, 1.165) is 18.5 Å². The molecule has 14 heavy (non-hydrogen) atoms. The molecule has 0 saturated heterocycles. The molecule has 0 unspecified atom stereocenters. The Hall–Kier alpha value is 1.03. The van der Waals surface area contributed by atoms with Gasteiger partial charge in [0.1, 0.15) is 0 Å². The second-order valence-electron chi connectivity index (χ2n) is 0.640. The number of hydrogen-bond acceptors (Lipinski definition) is 1. The van der Waals surface area contributed by atoms with Crippen LogP contribution in [0.5, 0.6) is 0 Å². The first kappa shape index (κ1) is 36.3. The van der Waals surface area contributed by atoms with Crippen molar-refractivity contribution in [1.29, 1.82) is 0 Å². The van der Waals surface area contributed by atoms with Crippen LogP contribution in [0.3, 0.4) is 0 Å². The van der Waals surface area contributed by atoms with Gasteiger partial charge in [-0.1, -0.05) is 27.7 Å². The molecule has 0 saturated carbocycles. The fourth-order valence-electron chi connectivity index (χ4n) is 0. The third kappa shape index (κ3) is 206. The Kier molecular flexibility index (Phi) is 244. The molecule has 0 aliphatic carbocycles. The van der Waals surface area contributed by atoms with Crippen LogP contribution in [0, 0.1) is 13.2 Å². The molecule has 0 aliphatic heterocycles. The van der Waals surface area contributed by atoms with Gasteiger partial charge < -0.3 is 29.4 Å². The first-order chi connectivity index (χ1) is 5.83. The Labute approximate surface area is 140 Å². The smallest absolute Gasteiger partial charge is 0 e. The molecule has 0 fully saturated rings. The Bertz CT molecular complexity index is 70.1. The molecule has 0 aromatic carbocycles. The first-order valence-corrected chi connectivity index (χ1v) is 3.77. The zero-order valence-corrected chi connectivity index (χ0v) is 15.2. The SMILES string of the molecule is CC.CC.[CH-]=CC=[N-].[CH-]=CN=[CH-].[Y].[Y]. The minimum absolute atomic E-state index is 0. The minimum atomic E-state index is 0. The van der Waals surface area contributed by atoms with Gasteiger partial charge in [0, 0.05) is 65.4 Å². The third-order valence-corrected chi connectivity index (χ3v) is 0.172. The summed E-state index contributed by atoms with van der Waals surface area (Å²) in [4.78, 5) is 2.89. The summed E-state index contributed by atoms with van der Waals surface area (Å²) in [5.41, 5.74) is 0. The van der Waals surface area contributed by atoms with Crippen LogP contribution in [0.25, 0.3) is 5.41 Å². The number of aliphatic imine (C=N–C) groups is 1. The van der Waals surface area contributed by atoms with Gasteiger partial charge in [0.25, 0.3) is 0 Å². The van der Waals surface area contributed by atoms with Crippen LogP contribution >= 0.6 is 0 Å². The van der Waals surface area contributed by atoms with Crippen molar-refractivity contribution >= 4 is 12.9 Å². The van der Waals surface area contributed by atoms with E-state index in [0.29, 0.717) is 0 Å². The Morgan fingerprint density at radius 2 is 1.14 bits per heavy atom. The van der Waals surface area contributed by atoms with Gasteiger partial charge in [0.2, 0.25) is 0 Å². The number of allylic oxidation sites excluding steroid dienone is 1. The molecule has 0 rings (SSSR count). The van der Waals surface area contributed by atoms with Crippen LogP contribution < -0.4 is 0 Å². The van der Waals surface area contributed by atoms with E-state index < -0.39 is 0 Å². The standard InChI is InChI=1S/2C3H3N.2C2H6.2Y/c1-3-4-2;1-2-3-4;2*1-2;;/h2*1-3H;2*1-2H3;;/q2*-2;;;;. The molecule has 0 N–H and O–H groups in total. The van der Waals surface area contributed by atoms with Crippen LogP contribution in [0.4, 0.5) is 0 Å². The molecule has 2 nitrogen and oxygen atoms in total. The summed E-state index contributed by atoms with van der Waals surface area (Å²) in [5.74, 6) is 0. The van der Waals surface area contributed by atoms with Gasteiger partial charge in [-0.15, -0.1) is 0 Å². The van der Waals surface area contributed by atoms with Crippen molar-refractivity contribution < 1.29 is 65.4 Å². The molecule has 4 heteroatoms. The van der Waals surface area contributed by atoms with E-state index >= 15 is 0 Å². The zero-order chi connectivity index (χ0) is 10.8. The average molecular weight is 344 g/mol. The summed E-state index contributed by atoms with van der Waals surface area (Å²) in [6.07, 6.45) is 2.86. The molecule has 78 valence electrons. The van der Waals surface area contributed by atoms with Crippen LogP contribution in [0.2, 0.25) is 0 Å². The molecule has 0 spiro atoms. The van der Waals surface area contributed by atoms with E-state index in [-0.39, 0.29) is 65.4 Å². The number of rotatable bonds is 2. The van der Waals surface area contributed by atoms with E-state index in [4.69, 9.17) is 5.41 Å². The maximum atomic E-state index is 7.57. The minimum Gasteiger partial charge on any atom is -0.911 e. The van der Waals surface area contributed by atoms with Gasteiger partial charge in [-0.2, -0.15) is 6.72 Å². The van der Waals surface area contributed by atoms with E-state index in [1.165, 1.54) is 0 Å². The topological polar surface area (TPSA) is 34.7 Å². The molecule has 0 bridgehead atoms. The summed E-state index contributed by atoms with van der Waals surface area (Å²) in [6.45, 7) is 21.7. The van der Waals surface area contributed by atoms with Crippen LogP contribution in [0.1, 0.15) is 27.7 Å². The Morgan fingerprint density at radius 1 is 1.00 bits per heavy atom. The molecular formula is C10H18N2Y2-4. The largest absolute Gasteiger partial charge is 0.911 e. The van der Waals surface area contributed by atoms with Crippen LogP contribution in [0.15, 0.2) is 17.3 Å². The van der Waals surface area contributed by atoms with Crippen LogP contribution in [-0.2, 0) is 65.4 Å². The predicted octanol–water partition coefficient (Wildman–Crippen LogP) is 3.17.